The van der Waals surface area contributed by atoms with Gasteiger partial charge < -0.3 is 4.74 Å². The highest BCUT2D eigenvalue weighted by atomic mass is 16.5. The molecule has 0 amide bonds. The zero-order valence-electron chi connectivity index (χ0n) is 17.1. The fourth-order valence-corrected chi connectivity index (χ4v) is 4.11. The summed E-state index contributed by atoms with van der Waals surface area (Å²) in [7, 11) is 0. The number of hydrogen-bond acceptors (Lipinski definition) is 3. The van der Waals surface area contributed by atoms with Crippen molar-refractivity contribution < 1.29 is 9.53 Å². The van der Waals surface area contributed by atoms with E-state index in [0.717, 1.165) is 24.0 Å². The fraction of sp³-hybridized carbons (Fsp3) is 0.360. The van der Waals surface area contributed by atoms with Gasteiger partial charge in [-0.2, -0.15) is 5.26 Å². The van der Waals surface area contributed by atoms with E-state index in [1.165, 1.54) is 0 Å². The Hall–Kier alpha value is -2.86. The van der Waals surface area contributed by atoms with Crippen LogP contribution < -0.4 is 0 Å². The van der Waals surface area contributed by atoms with Crippen LogP contribution >= 0.6 is 0 Å². The van der Waals surface area contributed by atoms with Crippen LogP contribution in [-0.2, 0) is 14.9 Å². The lowest BCUT2D eigenvalue weighted by atomic mass is 9.54. The van der Waals surface area contributed by atoms with E-state index in [9.17, 15) is 10.1 Å². The number of nitrogens with zero attached hydrogens (tertiary/aromatic N) is 1. The molecule has 0 aliphatic carbocycles. The minimum absolute atomic E-state index is 0.0233. The molecule has 0 bridgehead atoms. The van der Waals surface area contributed by atoms with Crippen LogP contribution in [0, 0.1) is 16.7 Å². The van der Waals surface area contributed by atoms with Crippen LogP contribution in [0.15, 0.2) is 72.8 Å². The van der Waals surface area contributed by atoms with E-state index >= 15 is 0 Å². The molecule has 1 atom stereocenters. The van der Waals surface area contributed by atoms with Crippen LogP contribution in [0.25, 0.3) is 0 Å². The summed E-state index contributed by atoms with van der Waals surface area (Å²) in [6.07, 6.45) is 2.21. The predicted octanol–water partition coefficient (Wildman–Crippen LogP) is 5.81. The molecule has 3 heteroatoms. The van der Waals surface area contributed by atoms with E-state index in [1.807, 2.05) is 43.3 Å². The maximum atomic E-state index is 12.1. The van der Waals surface area contributed by atoms with Crippen LogP contribution in [0.5, 0.6) is 0 Å². The van der Waals surface area contributed by atoms with Crippen molar-refractivity contribution in [3.63, 3.8) is 0 Å². The second kappa shape index (κ2) is 9.37. The minimum Gasteiger partial charge on any atom is -0.461 e. The Bertz CT molecular complexity index is 796. The largest absolute Gasteiger partial charge is 0.461 e. The Kier molecular flexibility index (Phi) is 7.18. The molecular formula is C25H29NO2. The third-order valence-corrected chi connectivity index (χ3v) is 5.59. The summed E-state index contributed by atoms with van der Waals surface area (Å²) in [5.74, 6) is -0.459. The van der Waals surface area contributed by atoms with E-state index in [2.05, 4.69) is 43.8 Å². The minimum atomic E-state index is -0.906. The zero-order chi connectivity index (χ0) is 20.6. The van der Waals surface area contributed by atoms with Gasteiger partial charge in [0.1, 0.15) is 12.0 Å². The van der Waals surface area contributed by atoms with Gasteiger partial charge in [-0.3, -0.25) is 0 Å². The molecule has 0 aromatic heterocycles. The van der Waals surface area contributed by atoms with Crippen LogP contribution in [0.1, 0.15) is 51.2 Å². The summed E-state index contributed by atoms with van der Waals surface area (Å²) in [6, 6.07) is 22.8. The molecule has 2 aromatic carbocycles. The van der Waals surface area contributed by atoms with Gasteiger partial charge in [-0.1, -0.05) is 87.5 Å². The number of carbonyl (C=O) groups excluding carboxylic acids is 1. The van der Waals surface area contributed by atoms with Gasteiger partial charge in [0, 0.05) is 11.0 Å². The molecule has 0 saturated heterocycles. The highest BCUT2D eigenvalue weighted by Crippen LogP contribution is 2.52. The lowest BCUT2D eigenvalue weighted by Gasteiger charge is -2.47. The first kappa shape index (κ1) is 21.4. The molecule has 0 saturated carbocycles. The molecule has 0 N–H and O–H groups in total. The van der Waals surface area contributed by atoms with Crippen molar-refractivity contribution in [1.29, 1.82) is 5.26 Å². The highest BCUT2D eigenvalue weighted by Gasteiger charge is 2.53. The SMILES string of the molecule is C=C(C)C(=O)OCC(C#N)(CC)C(CCC)(c1ccccc1)c1ccccc1. The molecule has 2 rings (SSSR count). The molecule has 1 unspecified atom stereocenters. The number of nitriles is 1. The van der Waals surface area contributed by atoms with Crippen molar-refractivity contribution in [2.24, 2.45) is 5.41 Å². The Morgan fingerprint density at radius 3 is 1.89 bits per heavy atom. The van der Waals surface area contributed by atoms with Crippen molar-refractivity contribution >= 4 is 5.97 Å². The third kappa shape index (κ3) is 3.87. The monoisotopic (exact) mass is 375 g/mol. The first-order chi connectivity index (χ1) is 13.5. The summed E-state index contributed by atoms with van der Waals surface area (Å²) >= 11 is 0. The third-order valence-electron chi connectivity index (χ3n) is 5.59. The van der Waals surface area contributed by atoms with E-state index < -0.39 is 16.8 Å². The average molecular weight is 376 g/mol. The Morgan fingerprint density at radius 1 is 1.04 bits per heavy atom. The number of rotatable bonds is 9. The molecule has 2 aromatic rings. The standard InChI is InChI=1S/C25H29NO2/c1-5-17-25(21-13-9-7-10-14-21,22-15-11-8-12-16-22)24(6-2,18-26)19-28-23(27)20(3)4/h7-16H,3,5-6,17,19H2,1-2,4H3. The van der Waals surface area contributed by atoms with Crippen molar-refractivity contribution in [2.75, 3.05) is 6.61 Å². The Morgan fingerprint density at radius 2 is 1.54 bits per heavy atom. The summed E-state index contributed by atoms with van der Waals surface area (Å²) in [4.78, 5) is 12.1. The number of hydrogen-bond donors (Lipinski definition) is 0. The molecule has 0 radical (unpaired) electrons. The second-order valence-electron chi connectivity index (χ2n) is 7.29. The Labute approximate surface area is 168 Å². The molecule has 146 valence electrons. The number of ether oxygens (including phenoxy) is 1. The van der Waals surface area contributed by atoms with Crippen molar-refractivity contribution in [3.8, 4) is 6.07 Å². The van der Waals surface area contributed by atoms with E-state index in [4.69, 9.17) is 4.74 Å². The van der Waals surface area contributed by atoms with Gasteiger partial charge in [-0.25, -0.2) is 4.79 Å². The van der Waals surface area contributed by atoms with Crippen LogP contribution in [0.2, 0.25) is 0 Å². The fourth-order valence-electron chi connectivity index (χ4n) is 4.11. The molecule has 0 aliphatic rings. The van der Waals surface area contributed by atoms with Crippen molar-refractivity contribution in [1.82, 2.24) is 0 Å². The zero-order valence-corrected chi connectivity index (χ0v) is 17.1. The molecule has 0 aliphatic heterocycles. The van der Waals surface area contributed by atoms with Gasteiger partial charge in [0.15, 0.2) is 0 Å². The van der Waals surface area contributed by atoms with Crippen LogP contribution in [-0.4, -0.2) is 12.6 Å². The maximum absolute atomic E-state index is 12.1. The average Bonchev–Trinajstić information content (AvgIpc) is 2.74. The van der Waals surface area contributed by atoms with Gasteiger partial charge in [0.2, 0.25) is 0 Å². The lowest BCUT2D eigenvalue weighted by molar-refractivity contribution is -0.142. The molecule has 0 fully saturated rings. The first-order valence-electron chi connectivity index (χ1n) is 9.82. The van der Waals surface area contributed by atoms with Gasteiger partial charge in [0.05, 0.1) is 6.07 Å². The lowest BCUT2D eigenvalue weighted by Crippen LogP contribution is -2.49. The smallest absolute Gasteiger partial charge is 0.333 e. The number of esters is 1. The summed E-state index contributed by atoms with van der Waals surface area (Å²) in [6.45, 7) is 9.43. The van der Waals surface area contributed by atoms with Crippen molar-refractivity contribution in [2.45, 2.75) is 45.4 Å². The first-order valence-corrected chi connectivity index (χ1v) is 9.82. The molecule has 0 heterocycles. The molecule has 0 spiro atoms. The molecule has 28 heavy (non-hydrogen) atoms. The number of carbonyl (C=O) groups is 1. The summed E-state index contributed by atoms with van der Waals surface area (Å²) in [5.41, 5.74) is 0.971. The van der Waals surface area contributed by atoms with Gasteiger partial charge in [-0.15, -0.1) is 0 Å². The highest BCUT2D eigenvalue weighted by molar-refractivity contribution is 5.87. The molecular weight excluding hydrogens is 346 g/mol. The Balaban J connectivity index is 2.74. The van der Waals surface area contributed by atoms with Crippen LogP contribution in [0.3, 0.4) is 0 Å². The maximum Gasteiger partial charge on any atom is 0.333 e. The summed E-state index contributed by atoms with van der Waals surface area (Å²) < 4.78 is 5.59. The summed E-state index contributed by atoms with van der Waals surface area (Å²) in [5, 5.41) is 10.4. The van der Waals surface area contributed by atoms with Gasteiger partial charge in [-0.05, 0) is 30.9 Å². The predicted molar refractivity (Wildman–Crippen MR) is 113 cm³/mol. The van der Waals surface area contributed by atoms with Crippen molar-refractivity contribution in [3.05, 3.63) is 83.9 Å². The van der Waals surface area contributed by atoms with E-state index in [1.54, 1.807) is 6.92 Å². The number of benzene rings is 2. The van der Waals surface area contributed by atoms with Gasteiger partial charge >= 0.3 is 5.97 Å². The second-order valence-corrected chi connectivity index (χ2v) is 7.29. The molecule has 3 nitrogen and oxygen atoms in total. The van der Waals surface area contributed by atoms with E-state index in [-0.39, 0.29) is 6.61 Å². The topological polar surface area (TPSA) is 50.1 Å². The van der Waals surface area contributed by atoms with E-state index in [0.29, 0.717) is 12.0 Å². The van der Waals surface area contributed by atoms with Gasteiger partial charge in [0.25, 0.3) is 0 Å². The van der Waals surface area contributed by atoms with Crippen LogP contribution in [0.4, 0.5) is 0 Å². The normalized spacial score (nSPS) is 13.2. The quantitative estimate of drug-likeness (QED) is 0.410.